The quantitative estimate of drug-likeness (QED) is 0.870. The van der Waals surface area contributed by atoms with Crippen LogP contribution in [0.1, 0.15) is 23.1 Å². The lowest BCUT2D eigenvalue weighted by molar-refractivity contribution is -0.532. The van der Waals surface area contributed by atoms with Crippen molar-refractivity contribution in [3.8, 4) is 0 Å². The Kier molecular flexibility index (Phi) is 4.10. The van der Waals surface area contributed by atoms with E-state index in [4.69, 9.17) is 0 Å². The lowest BCUT2D eigenvalue weighted by atomic mass is 10.00. The van der Waals surface area contributed by atoms with Gasteiger partial charge in [-0.15, -0.1) is 0 Å². The average Bonchev–Trinajstić information content (AvgIpc) is 2.90. The van der Waals surface area contributed by atoms with Crippen molar-refractivity contribution in [1.29, 1.82) is 0 Å². The van der Waals surface area contributed by atoms with Crippen LogP contribution in [0.5, 0.6) is 0 Å². The highest BCUT2D eigenvalue weighted by atomic mass is 32.2. The van der Waals surface area contributed by atoms with E-state index in [0.717, 1.165) is 24.4 Å². The number of amidine groups is 1. The first-order valence-electron chi connectivity index (χ1n) is 8.53. The van der Waals surface area contributed by atoms with Crippen LogP contribution >= 0.6 is 11.8 Å². The molecular weight excluding hydrogens is 316 g/mol. The van der Waals surface area contributed by atoms with Gasteiger partial charge in [0.25, 0.3) is 5.72 Å². The minimum absolute atomic E-state index is 0.644. The Bertz CT molecular complexity index is 757. The number of hydrogen-bond donors (Lipinski definition) is 1. The zero-order chi connectivity index (χ0) is 16.6. The summed E-state index contributed by atoms with van der Waals surface area (Å²) >= 11 is 1.87. The maximum absolute atomic E-state index is 11.7. The molecule has 24 heavy (non-hydrogen) atoms. The molecule has 0 saturated heterocycles. The fraction of sp³-hybridized carbons (Fsp3) is 0.350. The summed E-state index contributed by atoms with van der Waals surface area (Å²) in [7, 11) is 0. The molecule has 2 aliphatic heterocycles. The smallest absolute Gasteiger partial charge is 0.311 e. The number of benzene rings is 2. The number of rotatable bonds is 3. The third-order valence-electron chi connectivity index (χ3n) is 4.86. The lowest BCUT2D eigenvalue weighted by Crippen LogP contribution is -2.45. The number of thioether (sulfide) groups is 1. The van der Waals surface area contributed by atoms with E-state index in [1.165, 1.54) is 22.7 Å². The van der Waals surface area contributed by atoms with Crippen LogP contribution in [0.2, 0.25) is 0 Å². The first-order valence-corrected chi connectivity index (χ1v) is 9.51. The molecule has 0 amide bonds. The summed E-state index contributed by atoms with van der Waals surface area (Å²) in [5, 5.41) is 12.9. The Balaban J connectivity index is 1.73. The third-order valence-corrected chi connectivity index (χ3v) is 6.09. The molecular formula is C20H23N2OS+. The van der Waals surface area contributed by atoms with Crippen LogP contribution in [-0.4, -0.2) is 38.6 Å². The van der Waals surface area contributed by atoms with Crippen molar-refractivity contribution in [3.05, 3.63) is 71.3 Å². The fourth-order valence-electron chi connectivity index (χ4n) is 3.54. The maximum Gasteiger partial charge on any atom is 0.311 e. The third kappa shape index (κ3) is 2.74. The molecule has 4 rings (SSSR count). The van der Waals surface area contributed by atoms with E-state index in [-0.39, 0.29) is 0 Å². The first-order chi connectivity index (χ1) is 11.7. The van der Waals surface area contributed by atoms with Crippen LogP contribution in [0.3, 0.4) is 0 Å². The summed E-state index contributed by atoms with van der Waals surface area (Å²) in [4.78, 5) is 2.19. The maximum atomic E-state index is 11.7. The summed E-state index contributed by atoms with van der Waals surface area (Å²) in [5.74, 6) is 1.13. The molecule has 0 saturated carbocycles. The van der Waals surface area contributed by atoms with Crippen molar-refractivity contribution in [2.75, 3.05) is 18.8 Å². The van der Waals surface area contributed by atoms with Crippen molar-refractivity contribution < 1.29 is 9.68 Å². The van der Waals surface area contributed by atoms with Crippen LogP contribution in [0.4, 0.5) is 0 Å². The predicted octanol–water partition coefficient (Wildman–Crippen LogP) is 3.16. The van der Waals surface area contributed by atoms with E-state index in [9.17, 15) is 5.11 Å². The van der Waals surface area contributed by atoms with Gasteiger partial charge in [-0.05, 0) is 30.7 Å². The molecule has 0 radical (unpaired) electrons. The van der Waals surface area contributed by atoms with Gasteiger partial charge in [0.15, 0.2) is 6.54 Å². The molecule has 0 aliphatic carbocycles. The van der Waals surface area contributed by atoms with Crippen LogP contribution in [0.25, 0.3) is 0 Å². The van der Waals surface area contributed by atoms with Gasteiger partial charge in [-0.25, -0.2) is 9.48 Å². The van der Waals surface area contributed by atoms with E-state index in [2.05, 4.69) is 64.9 Å². The Morgan fingerprint density at radius 2 is 1.88 bits per heavy atom. The van der Waals surface area contributed by atoms with Gasteiger partial charge >= 0.3 is 5.17 Å². The standard InChI is InChI=1S/C20H23N2OS/c1-16-8-10-18(11-9-16)20(23)15-21-12-5-13-24-19(21)22(20)14-17-6-3-2-4-7-17/h2-4,6-11,23H,5,12-15H2,1H3/q+1/t20-/m0/s1. The molecule has 0 spiro atoms. The highest BCUT2D eigenvalue weighted by Crippen LogP contribution is 2.37. The molecule has 2 aliphatic rings. The van der Waals surface area contributed by atoms with Gasteiger partial charge < -0.3 is 5.11 Å². The summed E-state index contributed by atoms with van der Waals surface area (Å²) in [6.45, 7) is 4.48. The molecule has 2 aromatic carbocycles. The first kappa shape index (κ1) is 15.7. The highest BCUT2D eigenvalue weighted by Gasteiger charge is 2.53. The molecule has 2 heterocycles. The van der Waals surface area contributed by atoms with Gasteiger partial charge in [0.2, 0.25) is 0 Å². The van der Waals surface area contributed by atoms with Gasteiger partial charge in [0.1, 0.15) is 6.54 Å². The predicted molar refractivity (Wildman–Crippen MR) is 99.1 cm³/mol. The molecule has 1 atom stereocenters. The van der Waals surface area contributed by atoms with Gasteiger partial charge in [-0.2, -0.15) is 0 Å². The largest absolute Gasteiger partial charge is 0.346 e. The minimum atomic E-state index is -0.962. The van der Waals surface area contributed by atoms with E-state index < -0.39 is 5.72 Å². The molecule has 1 N–H and O–H groups in total. The molecule has 124 valence electrons. The second-order valence-corrected chi connectivity index (χ2v) is 7.72. The number of aliphatic hydroxyl groups is 1. The summed E-state index contributed by atoms with van der Waals surface area (Å²) in [6, 6.07) is 18.7. The molecule has 2 aromatic rings. The zero-order valence-electron chi connectivity index (χ0n) is 14.0. The second-order valence-electron chi connectivity index (χ2n) is 6.66. The molecule has 0 bridgehead atoms. The van der Waals surface area contributed by atoms with Crippen molar-refractivity contribution in [3.63, 3.8) is 0 Å². The van der Waals surface area contributed by atoms with Crippen LogP contribution in [0.15, 0.2) is 54.6 Å². The number of aryl methyl sites for hydroxylation is 1. The van der Waals surface area contributed by atoms with E-state index in [1.807, 2.05) is 17.8 Å². The lowest BCUT2D eigenvalue weighted by Gasteiger charge is -2.29. The van der Waals surface area contributed by atoms with Crippen molar-refractivity contribution >= 4 is 16.9 Å². The van der Waals surface area contributed by atoms with Gasteiger partial charge in [-0.1, -0.05) is 60.2 Å². The average molecular weight is 339 g/mol. The molecule has 4 heteroatoms. The Labute approximate surface area is 147 Å². The summed E-state index contributed by atoms with van der Waals surface area (Å²) < 4.78 is 2.34. The monoisotopic (exact) mass is 339 g/mol. The van der Waals surface area contributed by atoms with Gasteiger partial charge in [0, 0.05) is 11.3 Å². The number of hydrogen-bond acceptors (Lipinski definition) is 3. The molecule has 0 unspecified atom stereocenters. The Morgan fingerprint density at radius 3 is 2.62 bits per heavy atom. The Hall–Kier alpha value is -1.78. The number of nitrogens with zero attached hydrogens (tertiary/aromatic N) is 2. The van der Waals surface area contributed by atoms with Crippen molar-refractivity contribution in [1.82, 2.24) is 4.90 Å². The molecule has 3 nitrogen and oxygen atoms in total. The minimum Gasteiger partial charge on any atom is -0.346 e. The van der Waals surface area contributed by atoms with Gasteiger partial charge in [-0.3, -0.25) is 0 Å². The van der Waals surface area contributed by atoms with Crippen molar-refractivity contribution in [2.45, 2.75) is 25.6 Å². The topological polar surface area (TPSA) is 26.5 Å². The van der Waals surface area contributed by atoms with Crippen LogP contribution in [0, 0.1) is 6.92 Å². The Morgan fingerprint density at radius 1 is 1.12 bits per heavy atom. The second kappa shape index (κ2) is 6.26. The normalized spacial score (nSPS) is 23.5. The van der Waals surface area contributed by atoms with E-state index in [1.54, 1.807) is 0 Å². The molecule has 0 fully saturated rings. The highest BCUT2D eigenvalue weighted by molar-refractivity contribution is 8.13. The molecule has 0 aromatic heterocycles. The van der Waals surface area contributed by atoms with Crippen LogP contribution in [-0.2, 0) is 12.3 Å². The summed E-state index contributed by atoms with van der Waals surface area (Å²) in [5.41, 5.74) is 2.46. The van der Waals surface area contributed by atoms with E-state index >= 15 is 0 Å². The SMILES string of the molecule is Cc1ccc([C@@]2(O)C[N+]3=C(SCCC3)N2Cc2ccccc2)cc1. The van der Waals surface area contributed by atoms with Crippen molar-refractivity contribution in [2.24, 2.45) is 0 Å². The van der Waals surface area contributed by atoms with E-state index in [0.29, 0.717) is 6.54 Å². The zero-order valence-corrected chi connectivity index (χ0v) is 14.8. The van der Waals surface area contributed by atoms with Gasteiger partial charge in [0.05, 0.1) is 6.54 Å². The summed E-state index contributed by atoms with van der Waals surface area (Å²) in [6.07, 6.45) is 1.18. The fourth-order valence-corrected chi connectivity index (χ4v) is 4.71. The van der Waals surface area contributed by atoms with Crippen LogP contribution < -0.4 is 0 Å².